The summed E-state index contributed by atoms with van der Waals surface area (Å²) in [5.74, 6) is 1.47. The van der Waals surface area contributed by atoms with Crippen LogP contribution in [-0.2, 0) is 16.1 Å². The molecule has 0 aliphatic rings. The molecule has 1 aromatic rings. The standard InChI is InChI=1S/C17H27N3O3/c1-18-17(19-12-8-4-5-11-16(21)23-3)20-13-14-9-6-7-10-15(14)22-2/h6-7,9-10H,4-5,8,11-13H2,1-3H3,(H2,18,19,20). The number of ether oxygens (including phenoxy) is 2. The molecular formula is C17H27N3O3. The van der Waals surface area contributed by atoms with E-state index in [1.54, 1.807) is 14.2 Å². The third-order valence-electron chi connectivity index (χ3n) is 3.44. The summed E-state index contributed by atoms with van der Waals surface area (Å²) in [5, 5.41) is 6.52. The molecule has 0 fully saturated rings. The monoisotopic (exact) mass is 321 g/mol. The van der Waals surface area contributed by atoms with Crippen molar-refractivity contribution < 1.29 is 14.3 Å². The number of carbonyl (C=O) groups excluding carboxylic acids is 1. The first-order valence-electron chi connectivity index (χ1n) is 7.84. The number of unbranched alkanes of at least 4 members (excludes halogenated alkanes) is 2. The Morgan fingerprint density at radius 1 is 1.13 bits per heavy atom. The lowest BCUT2D eigenvalue weighted by atomic mass is 10.2. The topological polar surface area (TPSA) is 72.0 Å². The second kappa shape index (κ2) is 11.3. The van der Waals surface area contributed by atoms with Gasteiger partial charge in [-0.05, 0) is 18.9 Å². The molecular weight excluding hydrogens is 294 g/mol. The van der Waals surface area contributed by atoms with Gasteiger partial charge in [0.2, 0.25) is 0 Å². The van der Waals surface area contributed by atoms with Crippen LogP contribution in [0.3, 0.4) is 0 Å². The van der Waals surface area contributed by atoms with Gasteiger partial charge in [0.1, 0.15) is 5.75 Å². The maximum atomic E-state index is 11.0. The van der Waals surface area contributed by atoms with E-state index in [0.717, 1.165) is 43.1 Å². The molecule has 1 aromatic carbocycles. The Morgan fingerprint density at radius 3 is 2.61 bits per heavy atom. The first-order chi connectivity index (χ1) is 11.2. The number of benzene rings is 1. The van der Waals surface area contributed by atoms with Gasteiger partial charge in [-0.3, -0.25) is 9.79 Å². The minimum Gasteiger partial charge on any atom is -0.496 e. The molecule has 0 unspecified atom stereocenters. The number of hydrogen-bond donors (Lipinski definition) is 2. The zero-order valence-corrected chi connectivity index (χ0v) is 14.2. The maximum Gasteiger partial charge on any atom is 0.305 e. The summed E-state index contributed by atoms with van der Waals surface area (Å²) in [6.07, 6.45) is 3.29. The number of aliphatic imine (C=N–C) groups is 1. The lowest BCUT2D eigenvalue weighted by Gasteiger charge is -2.13. The molecule has 23 heavy (non-hydrogen) atoms. The van der Waals surface area contributed by atoms with Crippen LogP contribution in [0.1, 0.15) is 31.2 Å². The summed E-state index contributed by atoms with van der Waals surface area (Å²) >= 11 is 0. The van der Waals surface area contributed by atoms with Crippen molar-refractivity contribution in [2.24, 2.45) is 4.99 Å². The second-order valence-corrected chi connectivity index (χ2v) is 5.05. The molecule has 0 saturated carbocycles. The predicted molar refractivity (Wildman–Crippen MR) is 91.7 cm³/mol. The minimum atomic E-state index is -0.146. The smallest absolute Gasteiger partial charge is 0.305 e. The molecule has 1 rings (SSSR count). The van der Waals surface area contributed by atoms with Gasteiger partial charge >= 0.3 is 5.97 Å². The Balaban J connectivity index is 2.23. The largest absolute Gasteiger partial charge is 0.496 e. The van der Waals surface area contributed by atoms with Crippen LogP contribution in [0.2, 0.25) is 0 Å². The third kappa shape index (κ3) is 7.54. The molecule has 0 saturated heterocycles. The quantitative estimate of drug-likeness (QED) is 0.315. The van der Waals surface area contributed by atoms with E-state index in [4.69, 9.17) is 4.74 Å². The molecule has 0 bridgehead atoms. The summed E-state index contributed by atoms with van der Waals surface area (Å²) in [7, 11) is 4.83. The zero-order chi connectivity index (χ0) is 16.9. The number of esters is 1. The van der Waals surface area contributed by atoms with Gasteiger partial charge in [0, 0.05) is 32.1 Å². The molecule has 0 aromatic heterocycles. The van der Waals surface area contributed by atoms with Crippen molar-refractivity contribution in [1.82, 2.24) is 10.6 Å². The van der Waals surface area contributed by atoms with Crippen LogP contribution in [0.15, 0.2) is 29.3 Å². The fourth-order valence-corrected chi connectivity index (χ4v) is 2.13. The van der Waals surface area contributed by atoms with Crippen LogP contribution in [0.5, 0.6) is 5.75 Å². The van der Waals surface area contributed by atoms with Gasteiger partial charge in [-0.15, -0.1) is 0 Å². The maximum absolute atomic E-state index is 11.0. The summed E-state index contributed by atoms with van der Waals surface area (Å²) in [6, 6.07) is 7.89. The Labute approximate surface area is 138 Å². The lowest BCUT2D eigenvalue weighted by molar-refractivity contribution is -0.140. The molecule has 0 amide bonds. The molecule has 6 heteroatoms. The van der Waals surface area contributed by atoms with Gasteiger partial charge in [-0.2, -0.15) is 0 Å². The highest BCUT2D eigenvalue weighted by atomic mass is 16.5. The number of nitrogens with one attached hydrogen (secondary N) is 2. The van der Waals surface area contributed by atoms with Crippen molar-refractivity contribution in [1.29, 1.82) is 0 Å². The van der Waals surface area contributed by atoms with Crippen molar-refractivity contribution in [2.45, 2.75) is 32.2 Å². The second-order valence-electron chi connectivity index (χ2n) is 5.05. The van der Waals surface area contributed by atoms with Gasteiger partial charge in [-0.1, -0.05) is 24.6 Å². The highest BCUT2D eigenvalue weighted by Crippen LogP contribution is 2.16. The van der Waals surface area contributed by atoms with Crippen LogP contribution in [0.25, 0.3) is 0 Å². The van der Waals surface area contributed by atoms with Crippen LogP contribution < -0.4 is 15.4 Å². The van der Waals surface area contributed by atoms with E-state index >= 15 is 0 Å². The van der Waals surface area contributed by atoms with Crippen molar-refractivity contribution in [2.75, 3.05) is 27.8 Å². The van der Waals surface area contributed by atoms with Crippen molar-refractivity contribution in [3.8, 4) is 5.75 Å². The Morgan fingerprint density at radius 2 is 1.91 bits per heavy atom. The molecule has 0 aliphatic carbocycles. The summed E-state index contributed by atoms with van der Waals surface area (Å²) in [4.78, 5) is 15.2. The number of hydrogen-bond acceptors (Lipinski definition) is 4. The first-order valence-corrected chi connectivity index (χ1v) is 7.84. The van der Waals surface area contributed by atoms with Gasteiger partial charge in [0.05, 0.1) is 14.2 Å². The average Bonchev–Trinajstić information content (AvgIpc) is 2.60. The van der Waals surface area contributed by atoms with E-state index in [2.05, 4.69) is 20.4 Å². The lowest BCUT2D eigenvalue weighted by Crippen LogP contribution is -2.37. The minimum absolute atomic E-state index is 0.146. The fraction of sp³-hybridized carbons (Fsp3) is 0.529. The molecule has 128 valence electrons. The molecule has 0 aliphatic heterocycles. The van der Waals surface area contributed by atoms with E-state index in [1.807, 2.05) is 24.3 Å². The molecule has 0 atom stereocenters. The van der Waals surface area contributed by atoms with Gasteiger partial charge < -0.3 is 20.1 Å². The zero-order valence-electron chi connectivity index (χ0n) is 14.2. The Hall–Kier alpha value is -2.24. The summed E-state index contributed by atoms with van der Waals surface area (Å²) in [5.41, 5.74) is 1.08. The van der Waals surface area contributed by atoms with E-state index in [1.165, 1.54) is 7.11 Å². The predicted octanol–water partition coefficient (Wildman–Crippen LogP) is 2.09. The average molecular weight is 321 g/mol. The van der Waals surface area contributed by atoms with E-state index in [-0.39, 0.29) is 5.97 Å². The fourth-order valence-electron chi connectivity index (χ4n) is 2.13. The Bertz CT molecular complexity index is 504. The third-order valence-corrected chi connectivity index (χ3v) is 3.44. The van der Waals surface area contributed by atoms with E-state index in [9.17, 15) is 4.79 Å². The number of carbonyl (C=O) groups is 1. The van der Waals surface area contributed by atoms with E-state index < -0.39 is 0 Å². The number of rotatable bonds is 9. The summed E-state index contributed by atoms with van der Waals surface area (Å²) < 4.78 is 9.94. The normalized spacial score (nSPS) is 11.0. The van der Waals surface area contributed by atoms with Crippen LogP contribution in [0, 0.1) is 0 Å². The number of methoxy groups -OCH3 is 2. The van der Waals surface area contributed by atoms with Gasteiger partial charge in [0.15, 0.2) is 5.96 Å². The van der Waals surface area contributed by atoms with Crippen LogP contribution in [0.4, 0.5) is 0 Å². The number of para-hydroxylation sites is 1. The van der Waals surface area contributed by atoms with Crippen molar-refractivity contribution in [3.63, 3.8) is 0 Å². The molecule has 0 heterocycles. The van der Waals surface area contributed by atoms with Crippen LogP contribution in [-0.4, -0.2) is 39.7 Å². The van der Waals surface area contributed by atoms with Gasteiger partial charge in [-0.25, -0.2) is 0 Å². The molecule has 2 N–H and O–H groups in total. The van der Waals surface area contributed by atoms with Crippen molar-refractivity contribution in [3.05, 3.63) is 29.8 Å². The number of guanidine groups is 1. The summed E-state index contributed by atoms with van der Waals surface area (Å²) in [6.45, 7) is 1.46. The van der Waals surface area contributed by atoms with Gasteiger partial charge in [0.25, 0.3) is 0 Å². The molecule has 6 nitrogen and oxygen atoms in total. The highest BCUT2D eigenvalue weighted by Gasteiger charge is 2.03. The SMILES string of the molecule is CN=C(NCCCCCC(=O)OC)NCc1ccccc1OC. The van der Waals surface area contributed by atoms with E-state index in [0.29, 0.717) is 13.0 Å². The number of nitrogens with zero attached hydrogens (tertiary/aromatic N) is 1. The van der Waals surface area contributed by atoms with Crippen molar-refractivity contribution >= 4 is 11.9 Å². The first kappa shape index (κ1) is 18.8. The Kier molecular flexibility index (Phi) is 9.28. The van der Waals surface area contributed by atoms with Crippen LogP contribution >= 0.6 is 0 Å². The molecule has 0 radical (unpaired) electrons. The highest BCUT2D eigenvalue weighted by molar-refractivity contribution is 5.79. The molecule has 0 spiro atoms.